The summed E-state index contributed by atoms with van der Waals surface area (Å²) in [5.74, 6) is 0. The summed E-state index contributed by atoms with van der Waals surface area (Å²) < 4.78 is 0. The van der Waals surface area contributed by atoms with Gasteiger partial charge < -0.3 is 0 Å². The highest BCUT2D eigenvalue weighted by Gasteiger charge is 2.46. The topological polar surface area (TPSA) is 0 Å². The Kier molecular flexibility index (Phi) is 10.5. The summed E-state index contributed by atoms with van der Waals surface area (Å²) in [5, 5.41) is 3.03. The molecule has 0 saturated carbocycles. The van der Waals surface area contributed by atoms with Crippen molar-refractivity contribution in [1.29, 1.82) is 0 Å². The van der Waals surface area contributed by atoms with Crippen molar-refractivity contribution in [2.24, 2.45) is 0 Å². The summed E-state index contributed by atoms with van der Waals surface area (Å²) in [4.78, 5) is 0. The van der Waals surface area contributed by atoms with Gasteiger partial charge in [-0.15, -0.1) is 0 Å². The van der Waals surface area contributed by atoms with Gasteiger partial charge in [0.05, 0.1) is 0 Å². The average Bonchev–Trinajstić information content (AvgIpc) is 3.22. The van der Waals surface area contributed by atoms with E-state index in [9.17, 15) is 0 Å². The van der Waals surface area contributed by atoms with Crippen LogP contribution < -0.4 is 0 Å². The van der Waals surface area contributed by atoms with Crippen LogP contribution in [0.25, 0.3) is 21.9 Å². The van der Waals surface area contributed by atoms with Crippen LogP contribution in [0.15, 0.2) is 12.1 Å². The van der Waals surface area contributed by atoms with Crippen molar-refractivity contribution in [3.63, 3.8) is 0 Å². The van der Waals surface area contributed by atoms with Gasteiger partial charge in [-0.3, -0.25) is 0 Å². The number of hydrogen-bond donors (Lipinski definition) is 0. The van der Waals surface area contributed by atoms with Crippen LogP contribution in [-0.4, -0.2) is 0 Å². The number of fused-ring (bicyclic) bond motifs is 5. The molecule has 0 amide bonds. The summed E-state index contributed by atoms with van der Waals surface area (Å²) in [6, 6.07) is 5.08. The zero-order valence-electron chi connectivity index (χ0n) is 28.6. The van der Waals surface area contributed by atoms with Crippen molar-refractivity contribution in [1.82, 2.24) is 0 Å². The molecule has 0 heterocycles. The van der Waals surface area contributed by atoms with E-state index in [4.69, 9.17) is 0 Å². The number of hydrogen-bond acceptors (Lipinski definition) is 0. The molecule has 3 aromatic rings. The predicted octanol–water partition coefficient (Wildman–Crippen LogP) is 13.1. The Morgan fingerprint density at radius 3 is 1.49 bits per heavy atom. The molecule has 0 unspecified atom stereocenters. The van der Waals surface area contributed by atoms with E-state index < -0.39 is 0 Å². The quantitative estimate of drug-likeness (QED) is 0.174. The van der Waals surface area contributed by atoms with Gasteiger partial charge in [0, 0.05) is 5.41 Å². The second-order valence-electron chi connectivity index (χ2n) is 13.8. The van der Waals surface area contributed by atoms with Crippen molar-refractivity contribution < 1.29 is 0 Å². The fourth-order valence-electron chi connectivity index (χ4n) is 8.33. The molecule has 0 saturated heterocycles. The first-order chi connectivity index (χ1) is 19.6. The molecule has 0 spiro atoms. The van der Waals surface area contributed by atoms with Gasteiger partial charge in [0.1, 0.15) is 0 Å². The van der Waals surface area contributed by atoms with Crippen LogP contribution in [0.4, 0.5) is 0 Å². The molecule has 0 bridgehead atoms. The largest absolute Gasteiger partial charge is 0.0654 e. The summed E-state index contributed by atoms with van der Waals surface area (Å²) in [6.45, 7) is 23.8. The SMILES string of the molecule is CCCCCCCCC1(CCCCCCCC)c2c(cc(C)c(C)c2C)-c2c1c(C)c(C)c1cc(C)c(C)c(C)c21. The van der Waals surface area contributed by atoms with Gasteiger partial charge in [-0.25, -0.2) is 0 Å². The van der Waals surface area contributed by atoms with Crippen LogP contribution in [0, 0.1) is 55.4 Å². The summed E-state index contributed by atoms with van der Waals surface area (Å²) in [6.07, 6.45) is 19.0. The van der Waals surface area contributed by atoms with E-state index in [-0.39, 0.29) is 5.41 Å². The second-order valence-corrected chi connectivity index (χ2v) is 13.8. The van der Waals surface area contributed by atoms with Gasteiger partial charge in [0.15, 0.2) is 0 Å². The van der Waals surface area contributed by atoms with Crippen molar-refractivity contribution in [2.75, 3.05) is 0 Å². The highest BCUT2D eigenvalue weighted by atomic mass is 14.5. The minimum Gasteiger partial charge on any atom is -0.0654 e. The van der Waals surface area contributed by atoms with Crippen molar-refractivity contribution >= 4 is 10.8 Å². The lowest BCUT2D eigenvalue weighted by atomic mass is 9.67. The van der Waals surface area contributed by atoms with Gasteiger partial charge in [-0.1, -0.05) is 103 Å². The van der Waals surface area contributed by atoms with E-state index in [1.54, 1.807) is 38.8 Å². The molecule has 41 heavy (non-hydrogen) atoms. The lowest BCUT2D eigenvalue weighted by Crippen LogP contribution is -2.28. The number of unbranched alkanes of at least 4 members (excludes halogenated alkanes) is 10. The van der Waals surface area contributed by atoms with Gasteiger partial charge in [0.25, 0.3) is 0 Å². The molecule has 0 nitrogen and oxygen atoms in total. The van der Waals surface area contributed by atoms with Gasteiger partial charge in [-0.2, -0.15) is 0 Å². The van der Waals surface area contributed by atoms with Crippen LogP contribution in [0.3, 0.4) is 0 Å². The van der Waals surface area contributed by atoms with Crippen LogP contribution in [-0.2, 0) is 5.41 Å². The number of benzene rings is 3. The molecule has 0 aromatic heterocycles. The minimum atomic E-state index is 0.136. The normalized spacial score (nSPS) is 13.7. The van der Waals surface area contributed by atoms with Crippen molar-refractivity contribution in [3.8, 4) is 11.1 Å². The zero-order valence-corrected chi connectivity index (χ0v) is 28.6. The molecule has 0 aliphatic heterocycles. The highest BCUT2D eigenvalue weighted by molar-refractivity contribution is 6.07. The molecule has 0 heteroatoms. The standard InChI is InChI=1S/C41H60/c1-11-13-15-17-19-21-23-41(24-22-20-18-16-14-12-2)39-33(9)30(6)28(4)26-36(39)38-37-32(8)29(5)27(3)25-35(37)31(7)34(10)40(38)41/h25-26H,11-24H2,1-10H3. The average molecular weight is 553 g/mol. The van der Waals surface area contributed by atoms with E-state index in [2.05, 4.69) is 81.4 Å². The van der Waals surface area contributed by atoms with Crippen LogP contribution in [0.2, 0.25) is 0 Å². The maximum Gasteiger partial charge on any atom is 0.0220 e. The van der Waals surface area contributed by atoms with Gasteiger partial charge >= 0.3 is 0 Å². The van der Waals surface area contributed by atoms with Crippen LogP contribution in [0.1, 0.15) is 159 Å². The molecule has 1 aliphatic carbocycles. The molecule has 0 N–H and O–H groups in total. The third kappa shape index (κ3) is 5.79. The van der Waals surface area contributed by atoms with E-state index in [0.717, 1.165) is 0 Å². The molecule has 4 rings (SSSR count). The molecule has 224 valence electrons. The van der Waals surface area contributed by atoms with E-state index in [1.165, 1.54) is 129 Å². The third-order valence-corrected chi connectivity index (χ3v) is 11.3. The maximum absolute atomic E-state index is 2.59. The zero-order chi connectivity index (χ0) is 29.9. The summed E-state index contributed by atoms with van der Waals surface area (Å²) in [5.41, 5.74) is 18.7. The molecular formula is C41H60. The number of rotatable bonds is 14. The van der Waals surface area contributed by atoms with E-state index in [1.807, 2.05) is 0 Å². The van der Waals surface area contributed by atoms with E-state index >= 15 is 0 Å². The van der Waals surface area contributed by atoms with Crippen molar-refractivity contribution in [3.05, 3.63) is 67.8 Å². The second kappa shape index (κ2) is 13.5. The fourth-order valence-corrected chi connectivity index (χ4v) is 8.33. The Bertz CT molecular complexity index is 1370. The summed E-state index contributed by atoms with van der Waals surface area (Å²) in [7, 11) is 0. The lowest BCUT2D eigenvalue weighted by molar-refractivity contribution is 0.395. The van der Waals surface area contributed by atoms with Gasteiger partial charge in [0.2, 0.25) is 0 Å². The highest BCUT2D eigenvalue weighted by Crippen LogP contribution is 2.60. The first-order valence-corrected chi connectivity index (χ1v) is 17.3. The Morgan fingerprint density at radius 1 is 0.463 bits per heavy atom. The maximum atomic E-state index is 2.59. The molecular weight excluding hydrogens is 492 g/mol. The first kappa shape index (κ1) is 31.8. The Labute approximate surface area is 253 Å². The minimum absolute atomic E-state index is 0.136. The molecule has 0 atom stereocenters. The smallest absolute Gasteiger partial charge is 0.0220 e. The summed E-state index contributed by atoms with van der Waals surface area (Å²) >= 11 is 0. The molecule has 0 fully saturated rings. The fraction of sp³-hybridized carbons (Fsp3) is 0.610. The van der Waals surface area contributed by atoms with Crippen molar-refractivity contribution in [2.45, 2.75) is 165 Å². The predicted molar refractivity (Wildman–Crippen MR) is 184 cm³/mol. The van der Waals surface area contributed by atoms with Crippen LogP contribution in [0.5, 0.6) is 0 Å². The Morgan fingerprint density at radius 2 is 0.927 bits per heavy atom. The Hall–Kier alpha value is -2.08. The Balaban J connectivity index is 1.97. The lowest BCUT2D eigenvalue weighted by Gasteiger charge is -2.36. The molecule has 1 aliphatic rings. The monoisotopic (exact) mass is 552 g/mol. The molecule has 3 aromatic carbocycles. The van der Waals surface area contributed by atoms with Gasteiger partial charge in [-0.05, 0) is 146 Å². The van der Waals surface area contributed by atoms with Crippen LogP contribution >= 0.6 is 0 Å². The van der Waals surface area contributed by atoms with E-state index in [0.29, 0.717) is 0 Å². The number of aryl methyl sites for hydroxylation is 4. The first-order valence-electron chi connectivity index (χ1n) is 17.3. The third-order valence-electron chi connectivity index (χ3n) is 11.3. The molecule has 0 radical (unpaired) electrons.